The molecule has 4 heteroatoms. The molecule has 0 spiro atoms. The second-order valence-corrected chi connectivity index (χ2v) is 3.04. The zero-order valence-electron chi connectivity index (χ0n) is 8.50. The van der Waals surface area contributed by atoms with Gasteiger partial charge in [0.1, 0.15) is 0 Å². The van der Waals surface area contributed by atoms with Crippen molar-refractivity contribution in [2.45, 2.75) is 13.3 Å². The van der Waals surface area contributed by atoms with E-state index in [2.05, 4.69) is 15.6 Å². The first kappa shape index (κ1) is 10.7. The SMILES string of the molecule is CNCCC(=O)Nc1cccnc1C. The summed E-state index contributed by atoms with van der Waals surface area (Å²) in [5.41, 5.74) is 1.62. The van der Waals surface area contributed by atoms with Crippen molar-refractivity contribution in [3.63, 3.8) is 0 Å². The zero-order chi connectivity index (χ0) is 10.4. The Balaban J connectivity index is 2.52. The van der Waals surface area contributed by atoms with Crippen LogP contribution in [-0.4, -0.2) is 24.5 Å². The summed E-state index contributed by atoms with van der Waals surface area (Å²) in [6.45, 7) is 2.55. The van der Waals surface area contributed by atoms with Crippen molar-refractivity contribution in [1.82, 2.24) is 10.3 Å². The lowest BCUT2D eigenvalue weighted by atomic mass is 10.3. The van der Waals surface area contributed by atoms with Gasteiger partial charge in [-0.1, -0.05) is 0 Å². The van der Waals surface area contributed by atoms with Crippen LogP contribution < -0.4 is 10.6 Å². The Bertz CT molecular complexity index is 312. The molecule has 1 aromatic rings. The highest BCUT2D eigenvalue weighted by Gasteiger charge is 2.03. The maximum absolute atomic E-state index is 11.3. The van der Waals surface area contributed by atoms with Crippen LogP contribution in [0.2, 0.25) is 0 Å². The van der Waals surface area contributed by atoms with Crippen molar-refractivity contribution < 1.29 is 4.79 Å². The average molecular weight is 193 g/mol. The number of nitrogens with one attached hydrogen (secondary N) is 2. The van der Waals surface area contributed by atoms with Gasteiger partial charge >= 0.3 is 0 Å². The van der Waals surface area contributed by atoms with E-state index in [4.69, 9.17) is 0 Å². The van der Waals surface area contributed by atoms with Gasteiger partial charge in [0.2, 0.25) is 5.91 Å². The summed E-state index contributed by atoms with van der Waals surface area (Å²) in [4.78, 5) is 15.4. The van der Waals surface area contributed by atoms with E-state index in [1.54, 1.807) is 12.3 Å². The van der Waals surface area contributed by atoms with E-state index in [0.717, 1.165) is 11.4 Å². The first-order chi connectivity index (χ1) is 6.74. The summed E-state index contributed by atoms with van der Waals surface area (Å²) in [6.07, 6.45) is 2.18. The molecule has 1 rings (SSSR count). The van der Waals surface area contributed by atoms with Gasteiger partial charge in [0, 0.05) is 19.2 Å². The third-order valence-corrected chi connectivity index (χ3v) is 1.88. The van der Waals surface area contributed by atoms with E-state index in [1.807, 2.05) is 20.0 Å². The molecular formula is C10H15N3O. The van der Waals surface area contributed by atoms with E-state index < -0.39 is 0 Å². The molecule has 4 nitrogen and oxygen atoms in total. The number of hydrogen-bond donors (Lipinski definition) is 2. The number of nitrogens with zero attached hydrogens (tertiary/aromatic N) is 1. The number of anilines is 1. The largest absolute Gasteiger partial charge is 0.324 e. The number of pyridine rings is 1. The lowest BCUT2D eigenvalue weighted by Crippen LogP contribution is -2.19. The van der Waals surface area contributed by atoms with E-state index in [0.29, 0.717) is 13.0 Å². The van der Waals surface area contributed by atoms with Crippen LogP contribution in [0.5, 0.6) is 0 Å². The minimum Gasteiger partial charge on any atom is -0.324 e. The van der Waals surface area contributed by atoms with Crippen molar-refractivity contribution in [2.24, 2.45) is 0 Å². The molecule has 1 amide bonds. The number of rotatable bonds is 4. The molecule has 0 unspecified atom stereocenters. The molecule has 2 N–H and O–H groups in total. The van der Waals surface area contributed by atoms with Crippen LogP contribution in [0.1, 0.15) is 12.1 Å². The minimum atomic E-state index is 0.00968. The lowest BCUT2D eigenvalue weighted by molar-refractivity contribution is -0.116. The number of aromatic nitrogens is 1. The van der Waals surface area contributed by atoms with E-state index in [1.165, 1.54) is 0 Å². The summed E-state index contributed by atoms with van der Waals surface area (Å²) in [6, 6.07) is 3.65. The van der Waals surface area contributed by atoms with Gasteiger partial charge in [-0.3, -0.25) is 9.78 Å². The van der Waals surface area contributed by atoms with Gasteiger partial charge in [0.15, 0.2) is 0 Å². The third-order valence-electron chi connectivity index (χ3n) is 1.88. The molecule has 0 radical (unpaired) electrons. The Morgan fingerprint density at radius 3 is 3.00 bits per heavy atom. The van der Waals surface area contributed by atoms with Gasteiger partial charge < -0.3 is 10.6 Å². The summed E-state index contributed by atoms with van der Waals surface area (Å²) >= 11 is 0. The van der Waals surface area contributed by atoms with Gasteiger partial charge in [-0.25, -0.2) is 0 Å². The Kier molecular flexibility index (Phi) is 4.07. The molecule has 0 saturated carbocycles. The first-order valence-corrected chi connectivity index (χ1v) is 4.60. The van der Waals surface area contributed by atoms with Crippen LogP contribution in [-0.2, 0) is 4.79 Å². The molecule has 0 aliphatic heterocycles. The second-order valence-electron chi connectivity index (χ2n) is 3.04. The monoisotopic (exact) mass is 193 g/mol. The maximum atomic E-state index is 11.3. The Labute approximate surface area is 83.7 Å². The van der Waals surface area contributed by atoms with Crippen LogP contribution >= 0.6 is 0 Å². The number of aryl methyl sites for hydroxylation is 1. The van der Waals surface area contributed by atoms with Crippen molar-refractivity contribution in [2.75, 3.05) is 18.9 Å². The molecule has 0 aromatic carbocycles. The molecule has 0 fully saturated rings. The summed E-state index contributed by atoms with van der Waals surface area (Å²) < 4.78 is 0. The Morgan fingerprint density at radius 2 is 2.36 bits per heavy atom. The highest BCUT2D eigenvalue weighted by atomic mass is 16.1. The van der Waals surface area contributed by atoms with E-state index in [9.17, 15) is 4.79 Å². The van der Waals surface area contributed by atoms with Crippen LogP contribution in [0.15, 0.2) is 18.3 Å². The number of amides is 1. The van der Waals surface area contributed by atoms with Crippen molar-refractivity contribution in [1.29, 1.82) is 0 Å². The lowest BCUT2D eigenvalue weighted by Gasteiger charge is -2.06. The van der Waals surface area contributed by atoms with Gasteiger partial charge in [0.05, 0.1) is 11.4 Å². The molecule has 1 heterocycles. The molecule has 1 aromatic heterocycles. The topological polar surface area (TPSA) is 54.0 Å². The zero-order valence-corrected chi connectivity index (χ0v) is 8.50. The highest BCUT2D eigenvalue weighted by molar-refractivity contribution is 5.91. The van der Waals surface area contributed by atoms with Gasteiger partial charge in [0.25, 0.3) is 0 Å². The molecule has 0 saturated heterocycles. The minimum absolute atomic E-state index is 0.00968. The van der Waals surface area contributed by atoms with E-state index >= 15 is 0 Å². The molecular weight excluding hydrogens is 178 g/mol. The quantitative estimate of drug-likeness (QED) is 0.748. The first-order valence-electron chi connectivity index (χ1n) is 4.60. The number of carbonyl (C=O) groups is 1. The Hall–Kier alpha value is -1.42. The van der Waals surface area contributed by atoms with Gasteiger partial charge in [-0.2, -0.15) is 0 Å². The molecule has 14 heavy (non-hydrogen) atoms. The van der Waals surface area contributed by atoms with Crippen LogP contribution in [0.3, 0.4) is 0 Å². The predicted molar refractivity (Wildman–Crippen MR) is 56.1 cm³/mol. The normalized spacial score (nSPS) is 9.86. The van der Waals surface area contributed by atoms with E-state index in [-0.39, 0.29) is 5.91 Å². The fourth-order valence-electron chi connectivity index (χ4n) is 1.07. The predicted octanol–water partition coefficient (Wildman–Crippen LogP) is 0.938. The summed E-state index contributed by atoms with van der Waals surface area (Å²) in [5.74, 6) is 0.00968. The fraction of sp³-hybridized carbons (Fsp3) is 0.400. The standard InChI is InChI=1S/C10H15N3O/c1-8-9(4-3-6-12-8)13-10(14)5-7-11-2/h3-4,6,11H,5,7H2,1-2H3,(H,13,14). The Morgan fingerprint density at radius 1 is 1.57 bits per heavy atom. The fourth-order valence-corrected chi connectivity index (χ4v) is 1.07. The molecule has 0 atom stereocenters. The third kappa shape index (κ3) is 3.14. The smallest absolute Gasteiger partial charge is 0.225 e. The molecule has 0 aliphatic rings. The highest BCUT2D eigenvalue weighted by Crippen LogP contribution is 2.10. The number of carbonyl (C=O) groups excluding carboxylic acids is 1. The molecule has 76 valence electrons. The van der Waals surface area contributed by atoms with Crippen molar-refractivity contribution in [3.05, 3.63) is 24.0 Å². The number of hydrogen-bond acceptors (Lipinski definition) is 3. The van der Waals surface area contributed by atoms with Crippen molar-refractivity contribution in [3.8, 4) is 0 Å². The van der Waals surface area contributed by atoms with Gasteiger partial charge in [-0.15, -0.1) is 0 Å². The van der Waals surface area contributed by atoms with Crippen molar-refractivity contribution >= 4 is 11.6 Å². The summed E-state index contributed by atoms with van der Waals surface area (Å²) in [7, 11) is 1.82. The molecule has 0 aliphatic carbocycles. The maximum Gasteiger partial charge on any atom is 0.225 e. The average Bonchev–Trinajstić information content (AvgIpc) is 2.18. The van der Waals surface area contributed by atoms with Gasteiger partial charge in [-0.05, 0) is 26.1 Å². The van der Waals surface area contributed by atoms with Crippen LogP contribution in [0, 0.1) is 6.92 Å². The molecule has 0 bridgehead atoms. The van der Waals surface area contributed by atoms with Crippen LogP contribution in [0.25, 0.3) is 0 Å². The van der Waals surface area contributed by atoms with Crippen LogP contribution in [0.4, 0.5) is 5.69 Å². The summed E-state index contributed by atoms with van der Waals surface area (Å²) in [5, 5.41) is 5.73. The second kappa shape index (κ2) is 5.34.